The number of nitrogens with zero attached hydrogens (tertiary/aromatic N) is 1. The Balaban J connectivity index is 1.67. The minimum Gasteiger partial charge on any atom is -0.460 e. The van der Waals surface area contributed by atoms with Crippen molar-refractivity contribution < 1.29 is 18.8 Å². The number of aromatic nitrogens is 1. The van der Waals surface area contributed by atoms with Gasteiger partial charge in [-0.15, -0.1) is 0 Å². The first-order chi connectivity index (χ1) is 12.5. The fourth-order valence-electron chi connectivity index (χ4n) is 3.41. The molecule has 138 valence electrons. The van der Waals surface area contributed by atoms with Gasteiger partial charge in [-0.1, -0.05) is 49.3 Å². The molecule has 26 heavy (non-hydrogen) atoms. The number of ketones is 1. The second-order valence-electron chi connectivity index (χ2n) is 7.28. The summed E-state index contributed by atoms with van der Waals surface area (Å²) in [5.74, 6) is 0.348. The van der Waals surface area contributed by atoms with Crippen LogP contribution in [-0.2, 0) is 20.9 Å². The lowest BCUT2D eigenvalue weighted by Gasteiger charge is -2.18. The van der Waals surface area contributed by atoms with Crippen LogP contribution in [-0.4, -0.2) is 16.9 Å². The van der Waals surface area contributed by atoms with E-state index < -0.39 is 5.92 Å². The summed E-state index contributed by atoms with van der Waals surface area (Å²) in [7, 11) is 0. The summed E-state index contributed by atoms with van der Waals surface area (Å²) >= 11 is 0. The van der Waals surface area contributed by atoms with Crippen molar-refractivity contribution in [3.05, 3.63) is 53.4 Å². The van der Waals surface area contributed by atoms with Crippen LogP contribution < -0.4 is 0 Å². The van der Waals surface area contributed by atoms with Crippen molar-refractivity contribution in [1.29, 1.82) is 0 Å². The van der Waals surface area contributed by atoms with Gasteiger partial charge in [0, 0.05) is 24.8 Å². The van der Waals surface area contributed by atoms with Gasteiger partial charge in [-0.3, -0.25) is 9.59 Å². The van der Waals surface area contributed by atoms with E-state index in [0.29, 0.717) is 24.4 Å². The maximum absolute atomic E-state index is 12.6. The summed E-state index contributed by atoms with van der Waals surface area (Å²) in [6, 6.07) is 11.5. The monoisotopic (exact) mass is 355 g/mol. The molecule has 1 unspecified atom stereocenters. The van der Waals surface area contributed by atoms with Crippen LogP contribution in [0.15, 0.2) is 40.9 Å². The lowest BCUT2D eigenvalue weighted by molar-refractivity contribution is -0.148. The molecule has 0 radical (unpaired) electrons. The number of ether oxygens (including phenoxy) is 1. The summed E-state index contributed by atoms with van der Waals surface area (Å²) in [6.45, 7) is 4.18. The highest BCUT2D eigenvalue weighted by Gasteiger charge is 2.31. The second kappa shape index (κ2) is 8.30. The molecule has 3 rings (SSSR count). The van der Waals surface area contributed by atoms with Crippen molar-refractivity contribution in [3.63, 3.8) is 0 Å². The molecule has 1 aromatic heterocycles. The van der Waals surface area contributed by atoms with Crippen LogP contribution in [0.4, 0.5) is 0 Å². The summed E-state index contributed by atoms with van der Waals surface area (Å²) in [6.07, 6.45) is 2.80. The van der Waals surface area contributed by atoms with E-state index in [4.69, 9.17) is 9.26 Å². The Labute approximate surface area is 153 Å². The third-order valence-electron chi connectivity index (χ3n) is 4.96. The van der Waals surface area contributed by atoms with Crippen molar-refractivity contribution >= 4 is 11.8 Å². The van der Waals surface area contributed by atoms with Crippen molar-refractivity contribution in [2.75, 3.05) is 0 Å². The zero-order valence-electron chi connectivity index (χ0n) is 15.3. The van der Waals surface area contributed by atoms with Crippen LogP contribution in [0.1, 0.15) is 68.4 Å². The van der Waals surface area contributed by atoms with Gasteiger partial charge in [0.05, 0.1) is 5.69 Å². The van der Waals surface area contributed by atoms with E-state index in [1.807, 2.05) is 50.2 Å². The van der Waals surface area contributed by atoms with Gasteiger partial charge >= 0.3 is 5.97 Å². The Kier molecular flexibility index (Phi) is 5.86. The second-order valence-corrected chi connectivity index (χ2v) is 7.28. The molecule has 1 aliphatic carbocycles. The summed E-state index contributed by atoms with van der Waals surface area (Å²) in [5, 5.41) is 4.17. The van der Waals surface area contributed by atoms with E-state index in [1.54, 1.807) is 0 Å². The molecule has 1 aromatic carbocycles. The van der Waals surface area contributed by atoms with Crippen LogP contribution in [0.25, 0.3) is 0 Å². The molecule has 1 heterocycles. The standard InChI is InChI=1S/C21H25NO4/c1-14(2)20(21(24)25-13-15-6-4-3-5-7-15)19-12-18(22-26-19)16-8-10-17(23)11-9-16/h3-7,12,14,16,20H,8-11,13H2,1-2H3. The van der Waals surface area contributed by atoms with Crippen molar-refractivity contribution in [2.24, 2.45) is 5.92 Å². The van der Waals surface area contributed by atoms with Gasteiger partial charge in [-0.25, -0.2) is 0 Å². The number of hydrogen-bond donors (Lipinski definition) is 0. The molecule has 5 heteroatoms. The highest BCUT2D eigenvalue weighted by Crippen LogP contribution is 2.34. The van der Waals surface area contributed by atoms with Crippen LogP contribution in [0.3, 0.4) is 0 Å². The first-order valence-electron chi connectivity index (χ1n) is 9.23. The Hall–Kier alpha value is -2.43. The number of carbonyl (C=O) groups is 2. The topological polar surface area (TPSA) is 69.4 Å². The number of carbonyl (C=O) groups excluding carboxylic acids is 2. The number of benzene rings is 1. The molecule has 1 aliphatic rings. The Morgan fingerprint density at radius 2 is 1.92 bits per heavy atom. The minimum absolute atomic E-state index is 0.0343. The molecule has 0 bridgehead atoms. The Morgan fingerprint density at radius 1 is 1.23 bits per heavy atom. The lowest BCUT2D eigenvalue weighted by atomic mass is 9.85. The van der Waals surface area contributed by atoms with Gasteiger partial charge in [0.1, 0.15) is 18.3 Å². The van der Waals surface area contributed by atoms with Gasteiger partial charge < -0.3 is 9.26 Å². The first kappa shape index (κ1) is 18.4. The largest absolute Gasteiger partial charge is 0.460 e. The van der Waals surface area contributed by atoms with Crippen LogP contribution in [0.5, 0.6) is 0 Å². The molecule has 1 atom stereocenters. The highest BCUT2D eigenvalue weighted by atomic mass is 16.5. The quantitative estimate of drug-likeness (QED) is 0.719. The zero-order valence-corrected chi connectivity index (χ0v) is 15.3. The SMILES string of the molecule is CC(C)C(C(=O)OCc1ccccc1)c1cc(C2CCC(=O)CC2)no1. The summed E-state index contributed by atoms with van der Waals surface area (Å²) in [4.78, 5) is 24.0. The highest BCUT2D eigenvalue weighted by molar-refractivity contribution is 5.79. The molecular formula is C21H25NO4. The molecule has 0 amide bonds. The lowest BCUT2D eigenvalue weighted by Crippen LogP contribution is -2.20. The molecule has 0 saturated heterocycles. The van der Waals surface area contributed by atoms with E-state index in [2.05, 4.69) is 5.16 Å². The smallest absolute Gasteiger partial charge is 0.317 e. The van der Waals surface area contributed by atoms with Gasteiger partial charge in [0.25, 0.3) is 0 Å². The number of Topliss-reactive ketones (excluding diaryl/α,β-unsaturated/α-hetero) is 1. The fraction of sp³-hybridized carbons (Fsp3) is 0.476. The molecule has 1 fully saturated rings. The number of rotatable bonds is 6. The van der Waals surface area contributed by atoms with Crippen molar-refractivity contribution in [1.82, 2.24) is 5.16 Å². The predicted octanol–water partition coefficient (Wildman–Crippen LogP) is 4.38. The van der Waals surface area contributed by atoms with Gasteiger partial charge in [0.15, 0.2) is 5.76 Å². The number of hydrogen-bond acceptors (Lipinski definition) is 5. The van der Waals surface area contributed by atoms with Gasteiger partial charge in [0.2, 0.25) is 0 Å². The molecule has 1 saturated carbocycles. The first-order valence-corrected chi connectivity index (χ1v) is 9.23. The molecule has 2 aromatic rings. The molecule has 0 spiro atoms. The molecular weight excluding hydrogens is 330 g/mol. The van der Waals surface area contributed by atoms with E-state index in [-0.39, 0.29) is 24.4 Å². The fourth-order valence-corrected chi connectivity index (χ4v) is 3.41. The minimum atomic E-state index is -0.481. The normalized spacial score (nSPS) is 16.7. The summed E-state index contributed by atoms with van der Waals surface area (Å²) in [5.41, 5.74) is 1.79. The van der Waals surface area contributed by atoms with E-state index in [1.165, 1.54) is 0 Å². The Morgan fingerprint density at radius 3 is 2.58 bits per heavy atom. The van der Waals surface area contributed by atoms with Crippen LogP contribution in [0.2, 0.25) is 0 Å². The van der Waals surface area contributed by atoms with Crippen molar-refractivity contribution in [2.45, 2.75) is 58.0 Å². The zero-order chi connectivity index (χ0) is 18.5. The average Bonchev–Trinajstić information content (AvgIpc) is 3.11. The molecule has 0 N–H and O–H groups in total. The molecule has 0 aliphatic heterocycles. The van der Waals surface area contributed by atoms with Crippen LogP contribution in [0, 0.1) is 5.92 Å². The summed E-state index contributed by atoms with van der Waals surface area (Å²) < 4.78 is 11.0. The van der Waals surface area contributed by atoms with E-state index >= 15 is 0 Å². The van der Waals surface area contributed by atoms with Gasteiger partial charge in [-0.2, -0.15) is 0 Å². The van der Waals surface area contributed by atoms with E-state index in [0.717, 1.165) is 24.1 Å². The maximum Gasteiger partial charge on any atom is 0.317 e. The third kappa shape index (κ3) is 4.40. The van der Waals surface area contributed by atoms with Crippen LogP contribution >= 0.6 is 0 Å². The van der Waals surface area contributed by atoms with Crippen molar-refractivity contribution in [3.8, 4) is 0 Å². The third-order valence-corrected chi connectivity index (χ3v) is 4.96. The van der Waals surface area contributed by atoms with E-state index in [9.17, 15) is 9.59 Å². The predicted molar refractivity (Wildman–Crippen MR) is 96.5 cm³/mol. The van der Waals surface area contributed by atoms with Gasteiger partial charge in [-0.05, 0) is 24.3 Å². The average molecular weight is 355 g/mol. The maximum atomic E-state index is 12.6. The Bertz CT molecular complexity index is 740. The molecule has 5 nitrogen and oxygen atoms in total. The number of esters is 1.